The van der Waals surface area contributed by atoms with E-state index in [0.29, 0.717) is 19.0 Å². The normalized spacial score (nSPS) is 10.4. The number of hydrogen-bond donors (Lipinski definition) is 2. The zero-order chi connectivity index (χ0) is 17.0. The van der Waals surface area contributed by atoms with Gasteiger partial charge in [-0.15, -0.1) is 0 Å². The second-order valence-electron chi connectivity index (χ2n) is 5.33. The Morgan fingerprint density at radius 1 is 1.04 bits per heavy atom. The number of carbonyl (C=O) groups is 1. The van der Waals surface area contributed by atoms with Gasteiger partial charge in [0, 0.05) is 18.9 Å². The van der Waals surface area contributed by atoms with Crippen molar-refractivity contribution < 1.29 is 14.3 Å². The lowest BCUT2D eigenvalue weighted by Gasteiger charge is -2.09. The molecule has 2 N–H and O–H groups in total. The molecule has 0 spiro atoms. The van der Waals surface area contributed by atoms with Crippen molar-refractivity contribution in [1.82, 2.24) is 5.32 Å². The number of anilines is 1. The lowest BCUT2D eigenvalue weighted by Crippen LogP contribution is -2.29. The highest BCUT2D eigenvalue weighted by Crippen LogP contribution is 2.17. The van der Waals surface area contributed by atoms with Gasteiger partial charge in [0.25, 0.3) is 0 Å². The van der Waals surface area contributed by atoms with E-state index in [9.17, 15) is 4.79 Å². The zero-order valence-corrected chi connectivity index (χ0v) is 14.0. The van der Waals surface area contributed by atoms with Crippen LogP contribution in [0.15, 0.2) is 54.6 Å². The molecule has 5 nitrogen and oxygen atoms in total. The summed E-state index contributed by atoms with van der Waals surface area (Å²) in [5.74, 6) is 0.638. The van der Waals surface area contributed by atoms with E-state index in [2.05, 4.69) is 22.8 Å². The van der Waals surface area contributed by atoms with Crippen molar-refractivity contribution in [2.75, 3.05) is 38.7 Å². The van der Waals surface area contributed by atoms with Gasteiger partial charge in [0.2, 0.25) is 5.91 Å². The number of carbonyl (C=O) groups excluding carboxylic acids is 1. The van der Waals surface area contributed by atoms with Crippen LogP contribution in [0.2, 0.25) is 0 Å². The van der Waals surface area contributed by atoms with Gasteiger partial charge in [-0.2, -0.15) is 0 Å². The second kappa shape index (κ2) is 10.4. The minimum Gasteiger partial charge on any atom is -0.491 e. The summed E-state index contributed by atoms with van der Waals surface area (Å²) >= 11 is 0. The highest BCUT2D eigenvalue weighted by molar-refractivity contribution is 5.92. The molecule has 24 heavy (non-hydrogen) atoms. The van der Waals surface area contributed by atoms with Crippen molar-refractivity contribution >= 4 is 11.6 Å². The molecule has 0 radical (unpaired) electrons. The molecular weight excluding hydrogens is 304 g/mol. The minimum atomic E-state index is -0.0721. The van der Waals surface area contributed by atoms with E-state index in [-0.39, 0.29) is 12.5 Å². The first-order valence-electron chi connectivity index (χ1n) is 8.04. The van der Waals surface area contributed by atoms with Crippen LogP contribution in [0.5, 0.6) is 5.75 Å². The maximum Gasteiger partial charge on any atom is 0.238 e. The molecule has 2 rings (SSSR count). The van der Waals surface area contributed by atoms with E-state index in [1.54, 1.807) is 13.2 Å². The third-order valence-electron chi connectivity index (χ3n) is 3.39. The molecule has 0 heterocycles. The molecule has 0 saturated heterocycles. The van der Waals surface area contributed by atoms with Crippen LogP contribution < -0.4 is 15.4 Å². The molecule has 0 fully saturated rings. The molecule has 0 aromatic heterocycles. The number of ether oxygens (including phenoxy) is 2. The molecule has 0 aliphatic rings. The molecule has 5 heteroatoms. The Balaban J connectivity index is 1.69. The van der Waals surface area contributed by atoms with Crippen molar-refractivity contribution in [3.63, 3.8) is 0 Å². The summed E-state index contributed by atoms with van der Waals surface area (Å²) in [6.07, 6.45) is 0.900. The SMILES string of the molecule is COCCOc1cccc(NC(=O)CNCCc2ccccc2)c1. The molecule has 0 aliphatic carbocycles. The topological polar surface area (TPSA) is 59.6 Å². The predicted molar refractivity (Wildman–Crippen MR) is 95.5 cm³/mol. The fourth-order valence-corrected chi connectivity index (χ4v) is 2.19. The fraction of sp³-hybridized carbons (Fsp3) is 0.316. The van der Waals surface area contributed by atoms with Gasteiger partial charge in [0.05, 0.1) is 13.2 Å². The van der Waals surface area contributed by atoms with Gasteiger partial charge in [-0.25, -0.2) is 0 Å². The van der Waals surface area contributed by atoms with Gasteiger partial charge >= 0.3 is 0 Å². The predicted octanol–water partition coefficient (Wildman–Crippen LogP) is 2.48. The number of hydrogen-bond acceptors (Lipinski definition) is 4. The third-order valence-corrected chi connectivity index (χ3v) is 3.39. The van der Waals surface area contributed by atoms with Gasteiger partial charge in [0.1, 0.15) is 12.4 Å². The second-order valence-corrected chi connectivity index (χ2v) is 5.33. The number of methoxy groups -OCH3 is 1. The van der Waals surface area contributed by atoms with Crippen LogP contribution in [-0.2, 0) is 16.0 Å². The largest absolute Gasteiger partial charge is 0.491 e. The Morgan fingerprint density at radius 2 is 1.88 bits per heavy atom. The standard InChI is InChI=1S/C19H24N2O3/c1-23-12-13-24-18-9-5-8-17(14-18)21-19(22)15-20-11-10-16-6-3-2-4-7-16/h2-9,14,20H,10-13,15H2,1H3,(H,21,22). The lowest BCUT2D eigenvalue weighted by atomic mass is 10.1. The number of nitrogens with one attached hydrogen (secondary N) is 2. The van der Waals surface area contributed by atoms with E-state index in [1.807, 2.05) is 36.4 Å². The fourth-order valence-electron chi connectivity index (χ4n) is 2.19. The molecule has 0 saturated carbocycles. The van der Waals surface area contributed by atoms with Crippen molar-refractivity contribution in [3.8, 4) is 5.75 Å². The minimum absolute atomic E-state index is 0.0721. The van der Waals surface area contributed by atoms with E-state index >= 15 is 0 Å². The van der Waals surface area contributed by atoms with Crippen molar-refractivity contribution in [1.29, 1.82) is 0 Å². The Kier molecular flexibility index (Phi) is 7.80. The quantitative estimate of drug-likeness (QED) is 0.658. The Bertz CT molecular complexity index is 617. The van der Waals surface area contributed by atoms with Crippen molar-refractivity contribution in [2.45, 2.75) is 6.42 Å². The summed E-state index contributed by atoms with van der Waals surface area (Å²) in [4.78, 5) is 12.0. The van der Waals surface area contributed by atoms with Crippen LogP contribution in [-0.4, -0.2) is 39.3 Å². The average Bonchev–Trinajstić information content (AvgIpc) is 2.60. The Hall–Kier alpha value is -2.37. The number of benzene rings is 2. The zero-order valence-electron chi connectivity index (χ0n) is 14.0. The summed E-state index contributed by atoms with van der Waals surface area (Å²) in [6, 6.07) is 17.5. The molecule has 0 atom stereocenters. The first kappa shape index (κ1) is 18.0. The van der Waals surface area contributed by atoms with Gasteiger partial charge in [0.15, 0.2) is 0 Å². The van der Waals surface area contributed by atoms with E-state index < -0.39 is 0 Å². The van der Waals surface area contributed by atoms with Crippen LogP contribution >= 0.6 is 0 Å². The maximum atomic E-state index is 12.0. The van der Waals surface area contributed by atoms with Crippen molar-refractivity contribution in [3.05, 3.63) is 60.2 Å². The highest BCUT2D eigenvalue weighted by Gasteiger charge is 2.03. The van der Waals surface area contributed by atoms with Crippen LogP contribution in [0.25, 0.3) is 0 Å². The van der Waals surface area contributed by atoms with Crippen LogP contribution in [0, 0.1) is 0 Å². The molecule has 0 aliphatic heterocycles. The summed E-state index contributed by atoms with van der Waals surface area (Å²) in [7, 11) is 1.63. The van der Waals surface area contributed by atoms with Gasteiger partial charge in [-0.1, -0.05) is 36.4 Å². The molecule has 128 valence electrons. The molecular formula is C19H24N2O3. The van der Waals surface area contributed by atoms with Crippen LogP contribution in [0.4, 0.5) is 5.69 Å². The maximum absolute atomic E-state index is 12.0. The Labute approximate surface area is 143 Å². The van der Waals surface area contributed by atoms with E-state index in [4.69, 9.17) is 9.47 Å². The molecule has 0 bridgehead atoms. The van der Waals surface area contributed by atoms with Gasteiger partial charge < -0.3 is 20.1 Å². The lowest BCUT2D eigenvalue weighted by molar-refractivity contribution is -0.115. The molecule has 2 aromatic rings. The monoisotopic (exact) mass is 328 g/mol. The van der Waals surface area contributed by atoms with Crippen LogP contribution in [0.1, 0.15) is 5.56 Å². The number of rotatable bonds is 10. The van der Waals surface area contributed by atoms with E-state index in [1.165, 1.54) is 5.56 Å². The first-order chi connectivity index (χ1) is 11.8. The van der Waals surface area contributed by atoms with Gasteiger partial charge in [-0.05, 0) is 30.7 Å². The molecule has 0 unspecified atom stereocenters. The van der Waals surface area contributed by atoms with E-state index in [0.717, 1.165) is 18.7 Å². The summed E-state index contributed by atoms with van der Waals surface area (Å²) < 4.78 is 10.5. The summed E-state index contributed by atoms with van der Waals surface area (Å²) in [5, 5.41) is 6.01. The highest BCUT2D eigenvalue weighted by atomic mass is 16.5. The average molecular weight is 328 g/mol. The summed E-state index contributed by atoms with van der Waals surface area (Å²) in [6.45, 7) is 2.05. The number of amides is 1. The summed E-state index contributed by atoms with van der Waals surface area (Å²) in [5.41, 5.74) is 1.98. The smallest absolute Gasteiger partial charge is 0.238 e. The Morgan fingerprint density at radius 3 is 2.67 bits per heavy atom. The van der Waals surface area contributed by atoms with Crippen LogP contribution in [0.3, 0.4) is 0 Å². The van der Waals surface area contributed by atoms with Crippen molar-refractivity contribution in [2.24, 2.45) is 0 Å². The van der Waals surface area contributed by atoms with Gasteiger partial charge in [-0.3, -0.25) is 4.79 Å². The molecule has 2 aromatic carbocycles. The third kappa shape index (κ3) is 6.81. The first-order valence-corrected chi connectivity index (χ1v) is 8.04. The molecule has 1 amide bonds.